The summed E-state index contributed by atoms with van der Waals surface area (Å²) >= 11 is 0. The van der Waals surface area contributed by atoms with Crippen LogP contribution >= 0.6 is 0 Å². The molecule has 15 heteroatoms. The SMILES string of the molecule is COC(=O)CNC(=O)[C@H](CC(C)C)NC(=O)[C@H](NC(=O)CNC(=O)[C@H](CC(C)C)NC(=O)[C@@H]1CCCN1C(C)=O)OCc1ccc(-c2ccccc2)cc1. The zero-order valence-corrected chi connectivity index (χ0v) is 31.9. The smallest absolute Gasteiger partial charge is 0.325 e. The van der Waals surface area contributed by atoms with Gasteiger partial charge in [-0.05, 0) is 54.2 Å². The average molecular weight is 751 g/mol. The number of hydrogen-bond acceptors (Lipinski definition) is 9. The van der Waals surface area contributed by atoms with Crippen LogP contribution in [0.25, 0.3) is 11.1 Å². The third-order valence-electron chi connectivity index (χ3n) is 8.71. The molecular formula is C39H54N6O9. The van der Waals surface area contributed by atoms with Gasteiger partial charge in [0.25, 0.3) is 5.91 Å². The molecule has 6 amide bonds. The highest BCUT2D eigenvalue weighted by Crippen LogP contribution is 2.20. The van der Waals surface area contributed by atoms with E-state index in [1.54, 1.807) is 0 Å². The minimum Gasteiger partial charge on any atom is -0.468 e. The van der Waals surface area contributed by atoms with Gasteiger partial charge in [-0.2, -0.15) is 0 Å². The number of nitrogens with zero attached hydrogens (tertiary/aromatic N) is 1. The van der Waals surface area contributed by atoms with E-state index in [1.807, 2.05) is 82.3 Å². The first kappa shape index (κ1) is 43.1. The molecule has 0 bridgehead atoms. The van der Waals surface area contributed by atoms with Crippen LogP contribution in [0.3, 0.4) is 0 Å². The third-order valence-corrected chi connectivity index (χ3v) is 8.71. The summed E-state index contributed by atoms with van der Waals surface area (Å²) in [5, 5.41) is 12.8. The van der Waals surface area contributed by atoms with Crippen molar-refractivity contribution in [2.75, 3.05) is 26.7 Å². The summed E-state index contributed by atoms with van der Waals surface area (Å²) in [7, 11) is 1.18. The molecule has 1 aliphatic heterocycles. The quantitative estimate of drug-likeness (QED) is 0.105. The molecule has 54 heavy (non-hydrogen) atoms. The Morgan fingerprint density at radius 2 is 1.31 bits per heavy atom. The number of hydrogen-bond donors (Lipinski definition) is 5. The van der Waals surface area contributed by atoms with E-state index in [-0.39, 0.29) is 37.2 Å². The maximum Gasteiger partial charge on any atom is 0.325 e. The summed E-state index contributed by atoms with van der Waals surface area (Å²) in [4.78, 5) is 91.4. The Kier molecular flexibility index (Phi) is 17.1. The fraction of sp³-hybridized carbons (Fsp3) is 0.513. The van der Waals surface area contributed by atoms with E-state index in [4.69, 9.17) is 4.74 Å². The van der Waals surface area contributed by atoms with Gasteiger partial charge in [0.2, 0.25) is 35.8 Å². The number of amides is 6. The minimum absolute atomic E-state index is 0.00852. The van der Waals surface area contributed by atoms with Crippen LogP contribution in [-0.4, -0.2) is 97.4 Å². The summed E-state index contributed by atoms with van der Waals surface area (Å²) < 4.78 is 10.5. The molecule has 1 fully saturated rings. The largest absolute Gasteiger partial charge is 0.468 e. The topological polar surface area (TPSA) is 201 Å². The predicted molar refractivity (Wildman–Crippen MR) is 200 cm³/mol. The Labute approximate surface area is 316 Å². The Balaban J connectivity index is 1.72. The van der Waals surface area contributed by atoms with E-state index >= 15 is 0 Å². The first-order valence-electron chi connectivity index (χ1n) is 18.2. The van der Waals surface area contributed by atoms with Crippen molar-refractivity contribution in [1.82, 2.24) is 31.5 Å². The van der Waals surface area contributed by atoms with Gasteiger partial charge < -0.3 is 41.0 Å². The molecule has 294 valence electrons. The molecule has 4 atom stereocenters. The van der Waals surface area contributed by atoms with E-state index in [9.17, 15) is 33.6 Å². The molecule has 0 saturated carbocycles. The van der Waals surface area contributed by atoms with Gasteiger partial charge in [0.05, 0.1) is 20.3 Å². The Morgan fingerprint density at radius 3 is 1.89 bits per heavy atom. The number of carbonyl (C=O) groups excluding carboxylic acids is 7. The normalized spacial score (nSPS) is 15.5. The molecule has 2 aromatic carbocycles. The van der Waals surface area contributed by atoms with Crippen molar-refractivity contribution < 1.29 is 43.0 Å². The number of likely N-dealkylation sites (tertiary alicyclic amines) is 1. The summed E-state index contributed by atoms with van der Waals surface area (Å²) in [5.41, 5.74) is 2.69. The van der Waals surface area contributed by atoms with Gasteiger partial charge >= 0.3 is 5.97 Å². The second kappa shape index (κ2) is 21.4. The zero-order chi connectivity index (χ0) is 39.8. The molecule has 1 aliphatic rings. The second-order valence-corrected chi connectivity index (χ2v) is 14.1. The van der Waals surface area contributed by atoms with Crippen molar-refractivity contribution in [3.63, 3.8) is 0 Å². The fourth-order valence-electron chi connectivity index (χ4n) is 5.97. The Morgan fingerprint density at radius 1 is 0.741 bits per heavy atom. The van der Waals surface area contributed by atoms with Crippen molar-refractivity contribution in [2.45, 2.75) is 91.3 Å². The van der Waals surface area contributed by atoms with Crippen molar-refractivity contribution in [1.29, 1.82) is 0 Å². The molecular weight excluding hydrogens is 696 g/mol. The number of methoxy groups -OCH3 is 1. The van der Waals surface area contributed by atoms with Crippen molar-refractivity contribution in [3.05, 3.63) is 60.2 Å². The van der Waals surface area contributed by atoms with E-state index in [1.165, 1.54) is 18.9 Å². The molecule has 0 aromatic heterocycles. The van der Waals surface area contributed by atoms with Crippen LogP contribution in [0.15, 0.2) is 54.6 Å². The van der Waals surface area contributed by atoms with Gasteiger partial charge in [0, 0.05) is 13.5 Å². The first-order valence-corrected chi connectivity index (χ1v) is 18.2. The van der Waals surface area contributed by atoms with Crippen LogP contribution in [0.4, 0.5) is 0 Å². The standard InChI is InChI=1S/C39H54N6O9/c1-24(2)19-30(42-37(51)32-13-10-18-45(32)26(5)46)35(49)40-21-33(47)44-39(38(52)43-31(20-25(3)4)36(50)41-22-34(48)53-6)54-23-27-14-16-29(17-15-27)28-11-8-7-9-12-28/h7-9,11-12,14-17,24-25,30-32,39H,10,13,18-23H2,1-6H3,(H,40,49)(H,41,50)(H,42,51)(H,43,52)(H,44,47)/t30-,31-,32-,39+/m0/s1. The zero-order valence-electron chi connectivity index (χ0n) is 31.9. The molecule has 5 N–H and O–H groups in total. The lowest BCUT2D eigenvalue weighted by molar-refractivity contribution is -0.144. The van der Waals surface area contributed by atoms with Crippen LogP contribution in [0, 0.1) is 11.8 Å². The summed E-state index contributed by atoms with van der Waals surface area (Å²) in [6.07, 6.45) is 0.0565. The van der Waals surface area contributed by atoms with Crippen molar-refractivity contribution >= 4 is 41.4 Å². The van der Waals surface area contributed by atoms with Gasteiger partial charge in [0.15, 0.2) is 0 Å². The summed E-state index contributed by atoms with van der Waals surface area (Å²) in [6.45, 7) is 8.28. The molecule has 1 saturated heterocycles. The lowest BCUT2D eigenvalue weighted by atomic mass is 10.0. The van der Waals surface area contributed by atoms with Crippen LogP contribution in [0.1, 0.15) is 65.9 Å². The first-order chi connectivity index (χ1) is 25.7. The fourth-order valence-corrected chi connectivity index (χ4v) is 5.97. The Bertz CT molecular complexity index is 1600. The highest BCUT2D eigenvalue weighted by Gasteiger charge is 2.35. The Hall–Kier alpha value is -5.31. The van der Waals surface area contributed by atoms with Gasteiger partial charge in [-0.25, -0.2) is 0 Å². The van der Waals surface area contributed by atoms with Crippen LogP contribution in [0.5, 0.6) is 0 Å². The minimum atomic E-state index is -1.59. The van der Waals surface area contributed by atoms with Crippen molar-refractivity contribution in [3.8, 4) is 11.1 Å². The maximum atomic E-state index is 13.6. The molecule has 1 heterocycles. The molecule has 2 aromatic rings. The highest BCUT2D eigenvalue weighted by molar-refractivity contribution is 5.95. The van der Waals surface area contributed by atoms with E-state index < -0.39 is 72.9 Å². The van der Waals surface area contributed by atoms with Gasteiger partial charge in [0.1, 0.15) is 24.7 Å². The van der Waals surface area contributed by atoms with Crippen LogP contribution in [0.2, 0.25) is 0 Å². The van der Waals surface area contributed by atoms with E-state index in [2.05, 4.69) is 31.3 Å². The number of rotatable bonds is 19. The van der Waals surface area contributed by atoms with Gasteiger partial charge in [-0.1, -0.05) is 82.3 Å². The maximum absolute atomic E-state index is 13.6. The van der Waals surface area contributed by atoms with E-state index in [0.717, 1.165) is 11.1 Å². The molecule has 0 radical (unpaired) electrons. The second-order valence-electron chi connectivity index (χ2n) is 14.1. The van der Waals surface area contributed by atoms with Crippen molar-refractivity contribution in [2.24, 2.45) is 11.8 Å². The lowest BCUT2D eigenvalue weighted by Crippen LogP contribution is -2.57. The molecule has 15 nitrogen and oxygen atoms in total. The number of nitrogens with one attached hydrogen (secondary N) is 5. The van der Waals surface area contributed by atoms with E-state index in [0.29, 0.717) is 24.9 Å². The van der Waals surface area contributed by atoms with Crippen LogP contribution in [-0.2, 0) is 49.6 Å². The molecule has 0 aliphatic carbocycles. The summed E-state index contributed by atoms with van der Waals surface area (Å²) in [5.74, 6) is -4.20. The summed E-state index contributed by atoms with van der Waals surface area (Å²) in [6, 6.07) is 14.5. The number of ether oxygens (including phenoxy) is 2. The number of benzene rings is 2. The third kappa shape index (κ3) is 13.9. The van der Waals surface area contributed by atoms with Gasteiger partial charge in [-0.15, -0.1) is 0 Å². The number of carbonyl (C=O) groups is 7. The number of esters is 1. The monoisotopic (exact) mass is 750 g/mol. The highest BCUT2D eigenvalue weighted by atomic mass is 16.5. The molecule has 3 rings (SSSR count). The predicted octanol–water partition coefficient (Wildman–Crippen LogP) is 1.79. The molecule has 0 unspecified atom stereocenters. The molecule has 0 spiro atoms. The van der Waals surface area contributed by atoms with Crippen LogP contribution < -0.4 is 26.6 Å². The van der Waals surface area contributed by atoms with Gasteiger partial charge in [-0.3, -0.25) is 33.6 Å². The lowest BCUT2D eigenvalue weighted by Gasteiger charge is -2.26. The average Bonchev–Trinajstić information content (AvgIpc) is 3.65.